The molecular formula is C17H18O2. The van der Waals surface area contributed by atoms with E-state index in [9.17, 15) is 5.11 Å². The molecule has 0 spiro atoms. The minimum Gasteiger partial charge on any atom is -0.362 e. The summed E-state index contributed by atoms with van der Waals surface area (Å²) in [6.45, 7) is 0.433. The van der Waals surface area contributed by atoms with Gasteiger partial charge in [-0.1, -0.05) is 60.7 Å². The number of hydrogen-bond acceptors (Lipinski definition) is 2. The van der Waals surface area contributed by atoms with Gasteiger partial charge in [-0.25, -0.2) is 0 Å². The van der Waals surface area contributed by atoms with Gasteiger partial charge in [0.2, 0.25) is 0 Å². The molecule has 1 aliphatic carbocycles. The van der Waals surface area contributed by atoms with Crippen LogP contribution in [0.3, 0.4) is 0 Å². The first-order valence-corrected chi connectivity index (χ1v) is 6.75. The Kier molecular flexibility index (Phi) is 3.36. The van der Waals surface area contributed by atoms with E-state index in [2.05, 4.69) is 0 Å². The van der Waals surface area contributed by atoms with E-state index in [0.29, 0.717) is 6.61 Å². The topological polar surface area (TPSA) is 29.5 Å². The summed E-state index contributed by atoms with van der Waals surface area (Å²) < 4.78 is 5.88. The fourth-order valence-electron chi connectivity index (χ4n) is 2.36. The predicted molar refractivity (Wildman–Crippen MR) is 74.3 cm³/mol. The molecule has 0 radical (unpaired) electrons. The van der Waals surface area contributed by atoms with Crippen molar-refractivity contribution in [1.82, 2.24) is 0 Å². The molecule has 19 heavy (non-hydrogen) atoms. The lowest BCUT2D eigenvalue weighted by atomic mass is 10.0. The van der Waals surface area contributed by atoms with Crippen LogP contribution < -0.4 is 0 Å². The quantitative estimate of drug-likeness (QED) is 0.828. The predicted octanol–water partition coefficient (Wildman–Crippen LogP) is 3.46. The Morgan fingerprint density at radius 2 is 1.53 bits per heavy atom. The molecule has 1 fully saturated rings. The third-order valence-corrected chi connectivity index (χ3v) is 3.62. The molecule has 0 bridgehead atoms. The zero-order valence-electron chi connectivity index (χ0n) is 10.8. The molecule has 1 aliphatic rings. The van der Waals surface area contributed by atoms with E-state index in [4.69, 9.17) is 4.74 Å². The fourth-order valence-corrected chi connectivity index (χ4v) is 2.36. The molecule has 1 N–H and O–H groups in total. The van der Waals surface area contributed by atoms with Crippen molar-refractivity contribution >= 4 is 0 Å². The van der Waals surface area contributed by atoms with Crippen LogP contribution in [-0.4, -0.2) is 5.11 Å². The molecule has 0 aromatic heterocycles. The van der Waals surface area contributed by atoms with Gasteiger partial charge in [-0.05, 0) is 18.4 Å². The lowest BCUT2D eigenvalue weighted by molar-refractivity contribution is -0.235. The minimum atomic E-state index is -1.14. The van der Waals surface area contributed by atoms with Gasteiger partial charge in [-0.3, -0.25) is 0 Å². The van der Waals surface area contributed by atoms with E-state index < -0.39 is 5.79 Å². The molecule has 2 aromatic rings. The third-order valence-electron chi connectivity index (χ3n) is 3.62. The van der Waals surface area contributed by atoms with E-state index in [1.54, 1.807) is 0 Å². The van der Waals surface area contributed by atoms with Crippen molar-refractivity contribution < 1.29 is 9.84 Å². The summed E-state index contributed by atoms with van der Waals surface area (Å²) in [5, 5.41) is 10.9. The van der Waals surface area contributed by atoms with E-state index in [1.165, 1.54) is 0 Å². The molecule has 2 heteroatoms. The van der Waals surface area contributed by atoms with E-state index in [-0.39, 0.29) is 5.92 Å². The molecule has 1 atom stereocenters. The van der Waals surface area contributed by atoms with E-state index >= 15 is 0 Å². The molecule has 0 amide bonds. The maximum atomic E-state index is 10.9. The number of hydrogen-bond donors (Lipinski definition) is 1. The average molecular weight is 254 g/mol. The van der Waals surface area contributed by atoms with Gasteiger partial charge in [0.05, 0.1) is 6.61 Å². The van der Waals surface area contributed by atoms with Gasteiger partial charge in [0.25, 0.3) is 0 Å². The molecule has 0 saturated heterocycles. The molecule has 98 valence electrons. The smallest absolute Gasteiger partial charge is 0.195 e. The van der Waals surface area contributed by atoms with Gasteiger partial charge in [0, 0.05) is 11.5 Å². The van der Waals surface area contributed by atoms with E-state index in [1.807, 2.05) is 60.7 Å². The summed E-state index contributed by atoms with van der Waals surface area (Å²) in [7, 11) is 0. The molecular weight excluding hydrogens is 236 g/mol. The third kappa shape index (κ3) is 2.70. The maximum Gasteiger partial charge on any atom is 0.195 e. The summed E-state index contributed by atoms with van der Waals surface area (Å²) >= 11 is 0. The van der Waals surface area contributed by atoms with Crippen LogP contribution in [0.2, 0.25) is 0 Å². The first kappa shape index (κ1) is 12.4. The Balaban J connectivity index is 1.78. The van der Waals surface area contributed by atoms with Crippen LogP contribution >= 0.6 is 0 Å². The second-order valence-corrected chi connectivity index (χ2v) is 5.11. The SMILES string of the molecule is OC(OCc1ccccc1)(c1ccccc1)C1CC1. The Labute approximate surface area is 113 Å². The molecule has 1 saturated carbocycles. The zero-order chi connectivity index (χ0) is 13.1. The molecule has 3 rings (SSSR count). The maximum absolute atomic E-state index is 10.9. The normalized spacial score (nSPS) is 17.9. The van der Waals surface area contributed by atoms with Crippen LogP contribution in [0.25, 0.3) is 0 Å². The number of rotatable bonds is 5. The highest BCUT2D eigenvalue weighted by molar-refractivity contribution is 5.23. The van der Waals surface area contributed by atoms with Crippen LogP contribution in [0.15, 0.2) is 60.7 Å². The second kappa shape index (κ2) is 5.16. The van der Waals surface area contributed by atoms with Gasteiger partial charge >= 0.3 is 0 Å². The molecule has 0 aliphatic heterocycles. The van der Waals surface area contributed by atoms with Crippen molar-refractivity contribution in [3.8, 4) is 0 Å². The summed E-state index contributed by atoms with van der Waals surface area (Å²) in [6.07, 6.45) is 2.06. The molecule has 2 nitrogen and oxygen atoms in total. The summed E-state index contributed by atoms with van der Waals surface area (Å²) in [5.74, 6) is -0.921. The van der Waals surface area contributed by atoms with Crippen LogP contribution in [0.1, 0.15) is 24.0 Å². The van der Waals surface area contributed by atoms with Gasteiger partial charge < -0.3 is 9.84 Å². The Morgan fingerprint density at radius 3 is 2.11 bits per heavy atom. The van der Waals surface area contributed by atoms with Crippen LogP contribution in [0.4, 0.5) is 0 Å². The standard InChI is InChI=1S/C17H18O2/c18-17(16-11-12-16,15-9-5-2-6-10-15)19-13-14-7-3-1-4-8-14/h1-10,16,18H,11-13H2. The second-order valence-electron chi connectivity index (χ2n) is 5.11. The highest BCUT2D eigenvalue weighted by Crippen LogP contribution is 2.46. The number of ether oxygens (including phenoxy) is 1. The Morgan fingerprint density at radius 1 is 0.947 bits per heavy atom. The van der Waals surface area contributed by atoms with Crippen LogP contribution in [0, 0.1) is 5.92 Å². The van der Waals surface area contributed by atoms with Gasteiger partial charge in [-0.2, -0.15) is 0 Å². The summed E-state index contributed by atoms with van der Waals surface area (Å²) in [5.41, 5.74) is 1.94. The van der Waals surface area contributed by atoms with Crippen LogP contribution in [-0.2, 0) is 17.1 Å². The van der Waals surface area contributed by atoms with Gasteiger partial charge in [0.1, 0.15) is 0 Å². The summed E-state index contributed by atoms with van der Waals surface area (Å²) in [4.78, 5) is 0. The van der Waals surface area contributed by atoms with Crippen LogP contribution in [0.5, 0.6) is 0 Å². The highest BCUT2D eigenvalue weighted by Gasteiger charge is 2.46. The first-order valence-electron chi connectivity index (χ1n) is 6.75. The number of benzene rings is 2. The van der Waals surface area contributed by atoms with Crippen molar-refractivity contribution in [2.45, 2.75) is 25.2 Å². The molecule has 1 unspecified atom stereocenters. The molecule has 0 heterocycles. The van der Waals surface area contributed by atoms with Gasteiger partial charge in [-0.15, -0.1) is 0 Å². The number of aliphatic hydroxyl groups is 1. The fraction of sp³-hybridized carbons (Fsp3) is 0.294. The van der Waals surface area contributed by atoms with Crippen molar-refractivity contribution in [1.29, 1.82) is 0 Å². The lowest BCUT2D eigenvalue weighted by Gasteiger charge is -2.29. The zero-order valence-corrected chi connectivity index (χ0v) is 10.8. The molecule has 2 aromatic carbocycles. The van der Waals surface area contributed by atoms with E-state index in [0.717, 1.165) is 24.0 Å². The highest BCUT2D eigenvalue weighted by atomic mass is 16.6. The summed E-state index contributed by atoms with van der Waals surface area (Å²) in [6, 6.07) is 19.7. The van der Waals surface area contributed by atoms with Crippen molar-refractivity contribution in [2.24, 2.45) is 5.92 Å². The van der Waals surface area contributed by atoms with Crippen molar-refractivity contribution in [3.63, 3.8) is 0 Å². The van der Waals surface area contributed by atoms with Crippen molar-refractivity contribution in [3.05, 3.63) is 71.8 Å². The largest absolute Gasteiger partial charge is 0.362 e. The Hall–Kier alpha value is -1.64. The average Bonchev–Trinajstić information content (AvgIpc) is 3.32. The van der Waals surface area contributed by atoms with Crippen molar-refractivity contribution in [2.75, 3.05) is 0 Å². The monoisotopic (exact) mass is 254 g/mol. The Bertz CT molecular complexity index is 519. The van der Waals surface area contributed by atoms with Gasteiger partial charge in [0.15, 0.2) is 5.79 Å². The first-order chi connectivity index (χ1) is 9.29. The minimum absolute atomic E-state index is 0.221. The lowest BCUT2D eigenvalue weighted by Crippen LogP contribution is -2.31.